The highest BCUT2D eigenvalue weighted by Gasteiger charge is 2.33. The molecule has 1 nitrogen and oxygen atoms in total. The zero-order chi connectivity index (χ0) is 12.7. The molecule has 0 amide bonds. The maximum atomic E-state index is 3.40. The van der Waals surface area contributed by atoms with Crippen LogP contribution in [0.5, 0.6) is 0 Å². The van der Waals surface area contributed by atoms with Crippen molar-refractivity contribution in [1.82, 2.24) is 5.32 Å². The monoisotopic (exact) mass is 239 g/mol. The van der Waals surface area contributed by atoms with Crippen LogP contribution in [-0.2, 0) is 0 Å². The number of nitrogens with one attached hydrogen (secondary N) is 1. The first kappa shape index (κ1) is 15.0. The molecule has 2 atom stereocenters. The fraction of sp³-hybridized carbons (Fsp3) is 1.00. The molecule has 0 spiro atoms. The molecule has 0 aromatic carbocycles. The summed E-state index contributed by atoms with van der Waals surface area (Å²) in [5, 5.41) is 3.40. The van der Waals surface area contributed by atoms with Crippen LogP contribution in [0.15, 0.2) is 0 Å². The molecule has 0 aromatic rings. The summed E-state index contributed by atoms with van der Waals surface area (Å²) >= 11 is 0. The van der Waals surface area contributed by atoms with Gasteiger partial charge in [0.15, 0.2) is 0 Å². The highest BCUT2D eigenvalue weighted by atomic mass is 14.8. The Morgan fingerprint density at radius 2 is 1.88 bits per heavy atom. The van der Waals surface area contributed by atoms with Gasteiger partial charge in [-0.05, 0) is 50.1 Å². The zero-order valence-corrected chi connectivity index (χ0v) is 12.5. The van der Waals surface area contributed by atoms with Crippen molar-refractivity contribution in [2.24, 2.45) is 17.3 Å². The van der Waals surface area contributed by atoms with Gasteiger partial charge >= 0.3 is 0 Å². The fourth-order valence-corrected chi connectivity index (χ4v) is 3.49. The summed E-state index contributed by atoms with van der Waals surface area (Å²) in [6.45, 7) is 8.45. The van der Waals surface area contributed by atoms with Crippen molar-refractivity contribution in [2.45, 2.75) is 72.1 Å². The average molecular weight is 239 g/mol. The molecule has 0 saturated heterocycles. The van der Waals surface area contributed by atoms with E-state index in [9.17, 15) is 0 Å². The van der Waals surface area contributed by atoms with Gasteiger partial charge in [0.25, 0.3) is 0 Å². The van der Waals surface area contributed by atoms with Crippen molar-refractivity contribution >= 4 is 0 Å². The quantitative estimate of drug-likeness (QED) is 0.639. The van der Waals surface area contributed by atoms with Gasteiger partial charge in [-0.1, -0.05) is 52.9 Å². The van der Waals surface area contributed by atoms with Crippen LogP contribution >= 0.6 is 0 Å². The molecule has 0 radical (unpaired) electrons. The second-order valence-corrected chi connectivity index (χ2v) is 6.83. The second-order valence-electron chi connectivity index (χ2n) is 6.83. The van der Waals surface area contributed by atoms with Crippen molar-refractivity contribution in [3.8, 4) is 0 Å². The van der Waals surface area contributed by atoms with Crippen molar-refractivity contribution in [3.63, 3.8) is 0 Å². The maximum absolute atomic E-state index is 3.40. The number of hydrogen-bond acceptors (Lipinski definition) is 1. The average Bonchev–Trinajstić information content (AvgIpc) is 2.27. The molecule has 1 heteroatoms. The van der Waals surface area contributed by atoms with Gasteiger partial charge in [-0.25, -0.2) is 0 Å². The lowest BCUT2D eigenvalue weighted by atomic mass is 9.66. The van der Waals surface area contributed by atoms with Crippen LogP contribution in [0, 0.1) is 17.3 Å². The molecule has 1 rings (SSSR count). The fourth-order valence-electron chi connectivity index (χ4n) is 3.49. The number of hydrogen-bond donors (Lipinski definition) is 1. The first-order valence-electron chi connectivity index (χ1n) is 7.73. The second kappa shape index (κ2) is 7.41. The van der Waals surface area contributed by atoms with E-state index in [1.807, 2.05) is 0 Å². The molecule has 0 aromatic heterocycles. The first-order valence-corrected chi connectivity index (χ1v) is 7.73. The lowest BCUT2D eigenvalue weighted by molar-refractivity contribution is 0.109. The van der Waals surface area contributed by atoms with Crippen LogP contribution in [-0.4, -0.2) is 13.6 Å². The summed E-state index contributed by atoms with van der Waals surface area (Å²) in [5.41, 5.74) is 0.597. The lowest BCUT2D eigenvalue weighted by Crippen LogP contribution is -2.35. The van der Waals surface area contributed by atoms with E-state index < -0.39 is 0 Å². The molecular formula is C16H33N. The van der Waals surface area contributed by atoms with Crippen molar-refractivity contribution in [3.05, 3.63) is 0 Å². The predicted molar refractivity (Wildman–Crippen MR) is 77.3 cm³/mol. The molecule has 1 fully saturated rings. The van der Waals surface area contributed by atoms with Crippen LogP contribution in [0.25, 0.3) is 0 Å². The molecule has 1 saturated carbocycles. The van der Waals surface area contributed by atoms with E-state index in [4.69, 9.17) is 0 Å². The van der Waals surface area contributed by atoms with Gasteiger partial charge in [0.1, 0.15) is 0 Å². The third kappa shape index (κ3) is 5.42. The van der Waals surface area contributed by atoms with Gasteiger partial charge in [0.05, 0.1) is 0 Å². The van der Waals surface area contributed by atoms with Crippen LogP contribution in [0.2, 0.25) is 0 Å². The third-order valence-corrected chi connectivity index (χ3v) is 4.57. The van der Waals surface area contributed by atoms with Crippen LogP contribution in [0.3, 0.4) is 0 Å². The van der Waals surface area contributed by atoms with E-state index in [1.54, 1.807) is 0 Å². The van der Waals surface area contributed by atoms with E-state index in [0.717, 1.165) is 11.8 Å². The van der Waals surface area contributed by atoms with Gasteiger partial charge in [-0.2, -0.15) is 0 Å². The summed E-state index contributed by atoms with van der Waals surface area (Å²) in [4.78, 5) is 0. The Morgan fingerprint density at radius 3 is 2.53 bits per heavy atom. The summed E-state index contributed by atoms with van der Waals surface area (Å²) in [6, 6.07) is 0. The summed E-state index contributed by atoms with van der Waals surface area (Å²) in [5.74, 6) is 1.91. The predicted octanol–water partition coefficient (Wildman–Crippen LogP) is 4.62. The Labute approximate surface area is 109 Å². The van der Waals surface area contributed by atoms with Crippen LogP contribution < -0.4 is 5.32 Å². The summed E-state index contributed by atoms with van der Waals surface area (Å²) in [6.07, 6.45) is 11.5. The highest BCUT2D eigenvalue weighted by Crippen LogP contribution is 2.43. The molecule has 2 unspecified atom stereocenters. The van der Waals surface area contributed by atoms with Crippen LogP contribution in [0.4, 0.5) is 0 Å². The van der Waals surface area contributed by atoms with Gasteiger partial charge in [0, 0.05) is 0 Å². The molecule has 102 valence electrons. The first-order chi connectivity index (χ1) is 8.09. The Hall–Kier alpha value is -0.0400. The molecule has 0 aliphatic heterocycles. The molecule has 1 aliphatic rings. The van der Waals surface area contributed by atoms with Crippen LogP contribution in [0.1, 0.15) is 72.1 Å². The minimum Gasteiger partial charge on any atom is -0.319 e. The van der Waals surface area contributed by atoms with Gasteiger partial charge in [-0.3, -0.25) is 0 Å². The normalized spacial score (nSPS) is 28.2. The Morgan fingerprint density at radius 1 is 1.12 bits per heavy atom. The Balaban J connectivity index is 2.37. The van der Waals surface area contributed by atoms with E-state index in [-0.39, 0.29) is 0 Å². The van der Waals surface area contributed by atoms with E-state index in [2.05, 4.69) is 33.1 Å². The SMILES string of the molecule is CCCCCCC1CC(C)(C)CCC1CNC. The van der Waals surface area contributed by atoms with Gasteiger partial charge < -0.3 is 5.32 Å². The Kier molecular flexibility index (Phi) is 6.54. The maximum Gasteiger partial charge on any atom is -0.00209 e. The smallest absolute Gasteiger partial charge is 0.00209 e. The Bertz CT molecular complexity index is 198. The lowest BCUT2D eigenvalue weighted by Gasteiger charge is -2.41. The molecule has 0 bridgehead atoms. The molecule has 17 heavy (non-hydrogen) atoms. The van der Waals surface area contributed by atoms with Crippen molar-refractivity contribution in [2.75, 3.05) is 13.6 Å². The van der Waals surface area contributed by atoms with E-state index in [0.29, 0.717) is 5.41 Å². The molecule has 1 aliphatic carbocycles. The number of unbranched alkanes of at least 4 members (excludes halogenated alkanes) is 3. The van der Waals surface area contributed by atoms with E-state index in [1.165, 1.54) is 57.9 Å². The van der Waals surface area contributed by atoms with Gasteiger partial charge in [-0.15, -0.1) is 0 Å². The standard InChI is InChI=1S/C16H33N/c1-5-6-7-8-9-14-12-16(2,3)11-10-15(14)13-17-4/h14-15,17H,5-13H2,1-4H3. The van der Waals surface area contributed by atoms with Gasteiger partial charge in [0.2, 0.25) is 0 Å². The summed E-state index contributed by atoms with van der Waals surface area (Å²) in [7, 11) is 2.11. The van der Waals surface area contributed by atoms with Crippen molar-refractivity contribution < 1.29 is 0 Å². The largest absolute Gasteiger partial charge is 0.319 e. The van der Waals surface area contributed by atoms with Crippen molar-refractivity contribution in [1.29, 1.82) is 0 Å². The zero-order valence-electron chi connectivity index (χ0n) is 12.5. The molecule has 0 heterocycles. The number of rotatable bonds is 7. The van der Waals surface area contributed by atoms with E-state index >= 15 is 0 Å². The summed E-state index contributed by atoms with van der Waals surface area (Å²) < 4.78 is 0. The topological polar surface area (TPSA) is 12.0 Å². The third-order valence-electron chi connectivity index (χ3n) is 4.57. The highest BCUT2D eigenvalue weighted by molar-refractivity contribution is 4.85. The minimum absolute atomic E-state index is 0.597. The molecule has 1 N–H and O–H groups in total. The minimum atomic E-state index is 0.597. The molecular weight excluding hydrogens is 206 g/mol.